The molecule has 5 aromatic heterocycles. The fourth-order valence-electron chi connectivity index (χ4n) is 4.73. The normalized spacial score (nSPS) is 18.1. The summed E-state index contributed by atoms with van der Waals surface area (Å²) in [6, 6.07) is 0. The Morgan fingerprint density at radius 1 is 1.17 bits per heavy atom. The number of H-pyrrole nitrogens is 2. The number of nitrogens with zero attached hydrogens (tertiary/aromatic N) is 6. The second-order valence-electron chi connectivity index (χ2n) is 8.71. The molecule has 2 atom stereocenters. The van der Waals surface area contributed by atoms with Crippen LogP contribution in [-0.4, -0.2) is 39.7 Å². The smallest absolute Gasteiger partial charge is 0.323 e. The molecule has 0 amide bonds. The molecule has 0 saturated heterocycles. The molecule has 0 radical (unpaired) electrons. The SMILES string of the molecule is C[C@H]1C=Cc2[nH]ncc2C1Cn1ncc2c3sc(Cc4[nH]ncc4C(F)(F)F)nc3n(C)c2c1=O. The predicted octanol–water partition coefficient (Wildman–Crippen LogP) is 3.85. The van der Waals surface area contributed by atoms with E-state index in [-0.39, 0.29) is 29.5 Å². The average molecular weight is 501 g/mol. The van der Waals surface area contributed by atoms with E-state index in [0.717, 1.165) is 17.5 Å². The van der Waals surface area contributed by atoms with E-state index in [1.54, 1.807) is 24.0 Å². The van der Waals surface area contributed by atoms with Crippen molar-refractivity contribution in [3.05, 3.63) is 62.5 Å². The van der Waals surface area contributed by atoms with Gasteiger partial charge in [0.2, 0.25) is 0 Å². The van der Waals surface area contributed by atoms with Gasteiger partial charge in [0, 0.05) is 30.3 Å². The fourth-order valence-corrected chi connectivity index (χ4v) is 5.85. The Morgan fingerprint density at radius 3 is 2.77 bits per heavy atom. The molecule has 0 spiro atoms. The number of aromatic amines is 2. The predicted molar refractivity (Wildman–Crippen MR) is 124 cm³/mol. The maximum absolute atomic E-state index is 13.4. The molecule has 9 nitrogen and oxygen atoms in total. The van der Waals surface area contributed by atoms with Gasteiger partial charge in [-0.05, 0) is 12.0 Å². The number of aromatic nitrogens is 8. The van der Waals surface area contributed by atoms with E-state index in [1.165, 1.54) is 16.0 Å². The van der Waals surface area contributed by atoms with Gasteiger partial charge in [-0.25, -0.2) is 9.67 Å². The summed E-state index contributed by atoms with van der Waals surface area (Å²) in [5, 5.41) is 18.6. The Hall–Kier alpha value is -3.74. The van der Waals surface area contributed by atoms with Gasteiger partial charge in [0.15, 0.2) is 5.65 Å². The Bertz CT molecular complexity index is 1670. The molecule has 180 valence electrons. The molecule has 0 aromatic carbocycles. The maximum atomic E-state index is 13.4. The number of allylic oxidation sites excluding steroid dienone is 1. The minimum atomic E-state index is -4.50. The molecule has 6 rings (SSSR count). The van der Waals surface area contributed by atoms with Crippen LogP contribution in [0.3, 0.4) is 0 Å². The van der Waals surface area contributed by atoms with Crippen molar-refractivity contribution < 1.29 is 13.2 Å². The Kier molecular flexibility index (Phi) is 4.75. The lowest BCUT2D eigenvalue weighted by Crippen LogP contribution is -2.29. The van der Waals surface area contributed by atoms with Gasteiger partial charge in [-0.15, -0.1) is 11.3 Å². The van der Waals surface area contributed by atoms with Gasteiger partial charge < -0.3 is 4.57 Å². The molecule has 35 heavy (non-hydrogen) atoms. The number of alkyl halides is 3. The zero-order valence-electron chi connectivity index (χ0n) is 18.6. The van der Waals surface area contributed by atoms with Gasteiger partial charge in [-0.2, -0.15) is 28.5 Å². The maximum Gasteiger partial charge on any atom is 0.419 e. The summed E-state index contributed by atoms with van der Waals surface area (Å²) < 4.78 is 43.5. The number of hydrogen-bond acceptors (Lipinski definition) is 6. The van der Waals surface area contributed by atoms with E-state index < -0.39 is 11.7 Å². The summed E-state index contributed by atoms with van der Waals surface area (Å²) in [6.45, 7) is 2.48. The van der Waals surface area contributed by atoms with Gasteiger partial charge in [0.25, 0.3) is 5.56 Å². The highest BCUT2D eigenvalue weighted by molar-refractivity contribution is 7.19. The van der Waals surface area contributed by atoms with E-state index >= 15 is 0 Å². The van der Waals surface area contributed by atoms with E-state index in [4.69, 9.17) is 0 Å². The number of aryl methyl sites for hydroxylation is 1. The largest absolute Gasteiger partial charge is 0.419 e. The van der Waals surface area contributed by atoms with Crippen molar-refractivity contribution in [2.24, 2.45) is 13.0 Å². The van der Waals surface area contributed by atoms with Crippen LogP contribution < -0.4 is 5.56 Å². The minimum Gasteiger partial charge on any atom is -0.323 e. The van der Waals surface area contributed by atoms with Crippen LogP contribution in [0, 0.1) is 5.92 Å². The van der Waals surface area contributed by atoms with Crippen LogP contribution in [0.25, 0.3) is 27.3 Å². The Labute approximate surface area is 199 Å². The summed E-state index contributed by atoms with van der Waals surface area (Å²) in [5.41, 5.74) is 1.89. The topological polar surface area (TPSA) is 110 Å². The second-order valence-corrected chi connectivity index (χ2v) is 9.80. The molecule has 13 heteroatoms. The molecule has 1 aliphatic carbocycles. The molecule has 5 aromatic rings. The third-order valence-corrected chi connectivity index (χ3v) is 7.67. The van der Waals surface area contributed by atoms with Crippen LogP contribution in [0.1, 0.15) is 40.4 Å². The number of thiazole rings is 1. The van der Waals surface area contributed by atoms with Crippen molar-refractivity contribution in [2.45, 2.75) is 32.0 Å². The highest BCUT2D eigenvalue weighted by Gasteiger charge is 2.35. The standard InChI is InChI=1S/C22H19F3N8OS/c1-10-3-4-15-11(6-26-30-15)13(10)9-33-21(34)18-12(7-28-33)19-20(32(18)2)29-17(35-19)5-16-14(8-27-31-16)22(23,24)25/h3-4,6-8,10,13H,5,9H2,1-2H3,(H,26,30)(H,27,31)/t10-,13?/m0/s1. The quantitative estimate of drug-likeness (QED) is 0.390. The first-order valence-electron chi connectivity index (χ1n) is 10.9. The van der Waals surface area contributed by atoms with Gasteiger partial charge in [-0.3, -0.25) is 15.0 Å². The minimum absolute atomic E-state index is 0.0414. The van der Waals surface area contributed by atoms with Crippen molar-refractivity contribution in [2.75, 3.05) is 0 Å². The summed E-state index contributed by atoms with van der Waals surface area (Å²) in [7, 11) is 1.73. The molecule has 0 bridgehead atoms. The molecule has 2 N–H and O–H groups in total. The van der Waals surface area contributed by atoms with Crippen LogP contribution in [0.2, 0.25) is 0 Å². The summed E-state index contributed by atoms with van der Waals surface area (Å²) in [4.78, 5) is 18.0. The third kappa shape index (κ3) is 3.40. The third-order valence-electron chi connectivity index (χ3n) is 6.59. The summed E-state index contributed by atoms with van der Waals surface area (Å²) in [5.74, 6) is 0.245. The van der Waals surface area contributed by atoms with Crippen LogP contribution in [0.4, 0.5) is 13.2 Å². The average Bonchev–Trinajstić information content (AvgIpc) is 3.57. The van der Waals surface area contributed by atoms with Crippen LogP contribution >= 0.6 is 11.3 Å². The molecule has 0 aliphatic heterocycles. The molecule has 1 unspecified atom stereocenters. The number of nitrogens with one attached hydrogen (secondary N) is 2. The van der Waals surface area contributed by atoms with E-state index in [1.807, 2.05) is 6.08 Å². The monoisotopic (exact) mass is 500 g/mol. The first-order chi connectivity index (χ1) is 16.7. The van der Waals surface area contributed by atoms with Crippen LogP contribution in [-0.2, 0) is 26.2 Å². The van der Waals surface area contributed by atoms with Gasteiger partial charge in [0.05, 0.1) is 46.8 Å². The zero-order valence-corrected chi connectivity index (χ0v) is 19.4. The molecule has 0 fully saturated rings. The highest BCUT2D eigenvalue weighted by atomic mass is 32.1. The first kappa shape index (κ1) is 21.8. The number of hydrogen-bond donors (Lipinski definition) is 2. The number of rotatable bonds is 4. The number of fused-ring (bicyclic) bond motifs is 4. The molecular formula is C22H19F3N8OS. The lowest BCUT2D eigenvalue weighted by molar-refractivity contribution is -0.138. The van der Waals surface area contributed by atoms with Gasteiger partial charge in [-0.1, -0.05) is 13.0 Å². The van der Waals surface area contributed by atoms with Crippen molar-refractivity contribution >= 4 is 38.7 Å². The fraction of sp³-hybridized carbons (Fsp3) is 0.318. The van der Waals surface area contributed by atoms with Gasteiger partial charge in [0.1, 0.15) is 10.5 Å². The molecular weight excluding hydrogens is 481 g/mol. The van der Waals surface area contributed by atoms with E-state index in [2.05, 4.69) is 43.5 Å². The van der Waals surface area contributed by atoms with Crippen molar-refractivity contribution in [3.8, 4) is 0 Å². The summed E-state index contributed by atoms with van der Waals surface area (Å²) in [6.07, 6.45) is 3.75. The second kappa shape index (κ2) is 7.63. The number of halogens is 3. The van der Waals surface area contributed by atoms with E-state index in [9.17, 15) is 18.0 Å². The van der Waals surface area contributed by atoms with Crippen molar-refractivity contribution in [1.82, 2.24) is 39.7 Å². The van der Waals surface area contributed by atoms with Crippen LogP contribution in [0.5, 0.6) is 0 Å². The Morgan fingerprint density at radius 2 is 1.97 bits per heavy atom. The Balaban J connectivity index is 1.37. The first-order valence-corrected chi connectivity index (χ1v) is 11.7. The molecule has 1 aliphatic rings. The van der Waals surface area contributed by atoms with E-state index in [0.29, 0.717) is 32.8 Å². The lowest BCUT2D eigenvalue weighted by Gasteiger charge is -2.24. The van der Waals surface area contributed by atoms with Crippen molar-refractivity contribution in [3.63, 3.8) is 0 Å². The van der Waals surface area contributed by atoms with Crippen LogP contribution in [0.15, 0.2) is 29.5 Å². The highest BCUT2D eigenvalue weighted by Crippen LogP contribution is 2.36. The van der Waals surface area contributed by atoms with Crippen molar-refractivity contribution in [1.29, 1.82) is 0 Å². The van der Waals surface area contributed by atoms with Gasteiger partial charge >= 0.3 is 6.18 Å². The molecule has 0 saturated carbocycles. The molecule has 5 heterocycles. The zero-order chi connectivity index (χ0) is 24.5. The summed E-state index contributed by atoms with van der Waals surface area (Å²) >= 11 is 1.25. The lowest BCUT2D eigenvalue weighted by atomic mass is 9.83.